The number of benzene rings is 1. The normalized spacial score (nSPS) is 10.3. The highest BCUT2D eigenvalue weighted by atomic mass is 35.5. The predicted molar refractivity (Wildman–Crippen MR) is 74.3 cm³/mol. The fraction of sp³-hybridized carbons (Fsp3) is 0.214. The van der Waals surface area contributed by atoms with Crippen LogP contribution in [-0.2, 0) is 0 Å². The van der Waals surface area contributed by atoms with E-state index in [1.807, 2.05) is 0 Å². The van der Waals surface area contributed by atoms with Crippen LogP contribution in [0.4, 0.5) is 0 Å². The van der Waals surface area contributed by atoms with Crippen LogP contribution < -0.4 is 10.1 Å². The molecule has 6 heteroatoms. The van der Waals surface area contributed by atoms with Gasteiger partial charge in [0.1, 0.15) is 5.75 Å². The average Bonchev–Trinajstić information content (AvgIpc) is 2.87. The molecular formula is C14H14ClNO4. The lowest BCUT2D eigenvalue weighted by Gasteiger charge is -2.02. The first-order chi connectivity index (χ1) is 9.69. The van der Waals surface area contributed by atoms with Gasteiger partial charge >= 0.3 is 0 Å². The van der Waals surface area contributed by atoms with E-state index < -0.39 is 0 Å². The van der Waals surface area contributed by atoms with Gasteiger partial charge in [-0.25, -0.2) is 0 Å². The van der Waals surface area contributed by atoms with Crippen molar-refractivity contribution in [2.24, 2.45) is 0 Å². The third-order valence-corrected chi connectivity index (χ3v) is 2.68. The molecule has 1 heterocycles. The first kappa shape index (κ1) is 14.4. The maximum absolute atomic E-state index is 11.7. The van der Waals surface area contributed by atoms with Crippen LogP contribution in [0.5, 0.6) is 11.7 Å². The molecule has 1 amide bonds. The minimum absolute atomic E-state index is 0.0293. The molecule has 0 saturated heterocycles. The summed E-state index contributed by atoms with van der Waals surface area (Å²) in [5.74, 6) is 0.540. The summed E-state index contributed by atoms with van der Waals surface area (Å²) in [7, 11) is 0. The van der Waals surface area contributed by atoms with Crippen molar-refractivity contribution in [2.45, 2.75) is 6.42 Å². The van der Waals surface area contributed by atoms with Crippen molar-refractivity contribution in [3.05, 3.63) is 47.2 Å². The Bertz CT molecular complexity index is 582. The van der Waals surface area contributed by atoms with Gasteiger partial charge in [-0.2, -0.15) is 0 Å². The Balaban J connectivity index is 1.96. The molecule has 0 saturated carbocycles. The molecule has 20 heavy (non-hydrogen) atoms. The third-order valence-electron chi connectivity index (χ3n) is 2.44. The van der Waals surface area contributed by atoms with Crippen LogP contribution in [0.25, 0.3) is 0 Å². The molecular weight excluding hydrogens is 282 g/mol. The lowest BCUT2D eigenvalue weighted by molar-refractivity contribution is 0.0918. The summed E-state index contributed by atoms with van der Waals surface area (Å²) in [6, 6.07) is 9.94. The largest absolute Gasteiger partial charge is 0.426 e. The standard InChI is InChI=1S/C14H14ClNO4/c15-10-3-1-4-11(9-10)19-13-6-5-12(20-13)14(18)16-7-2-8-17/h1,3-6,9,17H,2,7-8H2,(H,16,18). The van der Waals surface area contributed by atoms with E-state index in [0.717, 1.165) is 0 Å². The molecule has 0 aliphatic carbocycles. The summed E-state index contributed by atoms with van der Waals surface area (Å²) in [5, 5.41) is 11.8. The van der Waals surface area contributed by atoms with Gasteiger partial charge in [0.25, 0.3) is 11.9 Å². The zero-order chi connectivity index (χ0) is 14.4. The first-order valence-corrected chi connectivity index (χ1v) is 6.49. The number of aliphatic hydroxyl groups excluding tert-OH is 1. The van der Waals surface area contributed by atoms with Gasteiger partial charge in [0.15, 0.2) is 5.76 Å². The fourth-order valence-corrected chi connectivity index (χ4v) is 1.69. The SMILES string of the molecule is O=C(NCCCO)c1ccc(Oc2cccc(Cl)c2)o1. The van der Waals surface area contributed by atoms with Gasteiger partial charge in [-0.1, -0.05) is 17.7 Å². The molecule has 0 radical (unpaired) electrons. The van der Waals surface area contributed by atoms with Gasteiger partial charge in [-0.05, 0) is 30.7 Å². The number of ether oxygens (including phenoxy) is 1. The topological polar surface area (TPSA) is 71.7 Å². The van der Waals surface area contributed by atoms with E-state index in [2.05, 4.69) is 5.32 Å². The van der Waals surface area contributed by atoms with Crippen molar-refractivity contribution in [1.29, 1.82) is 0 Å². The molecule has 5 nitrogen and oxygen atoms in total. The van der Waals surface area contributed by atoms with E-state index in [1.54, 1.807) is 30.3 Å². The number of nitrogens with one attached hydrogen (secondary N) is 1. The average molecular weight is 296 g/mol. The zero-order valence-corrected chi connectivity index (χ0v) is 11.4. The van der Waals surface area contributed by atoms with Gasteiger partial charge in [-0.3, -0.25) is 4.79 Å². The molecule has 1 aromatic carbocycles. The van der Waals surface area contributed by atoms with E-state index in [9.17, 15) is 4.79 Å². The summed E-state index contributed by atoms with van der Waals surface area (Å²) in [6.07, 6.45) is 0.498. The minimum Gasteiger partial charge on any atom is -0.426 e. The molecule has 1 aromatic heterocycles. The van der Waals surface area contributed by atoms with Crippen LogP contribution in [0.2, 0.25) is 5.02 Å². The van der Waals surface area contributed by atoms with Crippen molar-refractivity contribution >= 4 is 17.5 Å². The van der Waals surface area contributed by atoms with Gasteiger partial charge in [-0.15, -0.1) is 0 Å². The van der Waals surface area contributed by atoms with E-state index in [4.69, 9.17) is 25.9 Å². The Morgan fingerprint density at radius 2 is 2.20 bits per heavy atom. The first-order valence-electron chi connectivity index (χ1n) is 6.11. The molecule has 106 valence electrons. The molecule has 0 spiro atoms. The highest BCUT2D eigenvalue weighted by Crippen LogP contribution is 2.25. The van der Waals surface area contributed by atoms with Gasteiger partial charge < -0.3 is 19.6 Å². The number of hydrogen-bond acceptors (Lipinski definition) is 4. The third kappa shape index (κ3) is 4.01. The molecule has 2 N–H and O–H groups in total. The molecule has 2 aromatic rings. The number of aliphatic hydroxyl groups is 1. The van der Waals surface area contributed by atoms with E-state index >= 15 is 0 Å². The van der Waals surface area contributed by atoms with Crippen molar-refractivity contribution in [1.82, 2.24) is 5.32 Å². The summed E-state index contributed by atoms with van der Waals surface area (Å²) >= 11 is 5.84. The number of carbonyl (C=O) groups is 1. The van der Waals surface area contributed by atoms with Crippen LogP contribution in [-0.4, -0.2) is 24.2 Å². The maximum atomic E-state index is 11.7. The number of furan rings is 1. The fourth-order valence-electron chi connectivity index (χ4n) is 1.51. The monoisotopic (exact) mass is 295 g/mol. The second-order valence-electron chi connectivity index (χ2n) is 4.01. The van der Waals surface area contributed by atoms with Crippen molar-refractivity contribution in [2.75, 3.05) is 13.2 Å². The maximum Gasteiger partial charge on any atom is 0.290 e. The highest BCUT2D eigenvalue weighted by molar-refractivity contribution is 6.30. The molecule has 0 aliphatic rings. The van der Waals surface area contributed by atoms with Crippen molar-refractivity contribution in [3.63, 3.8) is 0 Å². The van der Waals surface area contributed by atoms with E-state index in [-0.39, 0.29) is 24.2 Å². The van der Waals surface area contributed by atoms with Gasteiger partial charge in [0.2, 0.25) is 0 Å². The highest BCUT2D eigenvalue weighted by Gasteiger charge is 2.11. The van der Waals surface area contributed by atoms with Crippen LogP contribution in [0.1, 0.15) is 17.0 Å². The predicted octanol–water partition coefficient (Wildman–Crippen LogP) is 2.84. The van der Waals surface area contributed by atoms with Crippen molar-refractivity contribution in [3.8, 4) is 11.7 Å². The van der Waals surface area contributed by atoms with Gasteiger partial charge in [0.05, 0.1) is 0 Å². The minimum atomic E-state index is -0.348. The number of amides is 1. The zero-order valence-electron chi connectivity index (χ0n) is 10.6. The second kappa shape index (κ2) is 6.98. The molecule has 2 rings (SSSR count). The van der Waals surface area contributed by atoms with E-state index in [0.29, 0.717) is 23.7 Å². The summed E-state index contributed by atoms with van der Waals surface area (Å²) in [6.45, 7) is 0.419. The van der Waals surface area contributed by atoms with Crippen LogP contribution in [0.3, 0.4) is 0 Å². The summed E-state index contributed by atoms with van der Waals surface area (Å²) in [4.78, 5) is 11.7. The molecule has 0 aliphatic heterocycles. The summed E-state index contributed by atoms with van der Waals surface area (Å²) < 4.78 is 10.7. The lowest BCUT2D eigenvalue weighted by atomic mass is 10.3. The summed E-state index contributed by atoms with van der Waals surface area (Å²) in [5.41, 5.74) is 0. The van der Waals surface area contributed by atoms with Crippen LogP contribution >= 0.6 is 11.6 Å². The number of carbonyl (C=O) groups excluding carboxylic acids is 1. The quantitative estimate of drug-likeness (QED) is 0.804. The molecule has 0 fully saturated rings. The number of rotatable bonds is 6. The van der Waals surface area contributed by atoms with Gasteiger partial charge in [0, 0.05) is 24.2 Å². The Morgan fingerprint density at radius 3 is 2.95 bits per heavy atom. The smallest absolute Gasteiger partial charge is 0.290 e. The number of halogens is 1. The Hall–Kier alpha value is -1.98. The lowest BCUT2D eigenvalue weighted by Crippen LogP contribution is -2.24. The molecule has 0 bridgehead atoms. The Morgan fingerprint density at radius 1 is 1.35 bits per heavy atom. The molecule has 0 unspecified atom stereocenters. The van der Waals surface area contributed by atoms with Crippen LogP contribution in [0, 0.1) is 0 Å². The molecule has 0 atom stereocenters. The van der Waals surface area contributed by atoms with Crippen LogP contribution in [0.15, 0.2) is 40.8 Å². The number of hydrogen-bond donors (Lipinski definition) is 2. The Labute approximate surface area is 121 Å². The second-order valence-corrected chi connectivity index (χ2v) is 4.45. The Kier molecular flexibility index (Phi) is 5.03. The van der Waals surface area contributed by atoms with E-state index in [1.165, 1.54) is 6.07 Å². The van der Waals surface area contributed by atoms with Crippen molar-refractivity contribution < 1.29 is 19.1 Å².